The first-order valence-electron chi connectivity index (χ1n) is 12.5. The number of furan rings is 1. The number of ketones is 2. The Morgan fingerprint density at radius 1 is 1.00 bits per heavy atom. The van der Waals surface area contributed by atoms with E-state index in [0.29, 0.717) is 35.5 Å². The van der Waals surface area contributed by atoms with Crippen LogP contribution in [0, 0.1) is 17.8 Å². The molecule has 3 aliphatic carbocycles. The highest BCUT2D eigenvalue weighted by Gasteiger charge is 2.56. The predicted octanol–water partition coefficient (Wildman–Crippen LogP) is 3.48. The van der Waals surface area contributed by atoms with Crippen LogP contribution in [-0.2, 0) is 32.2 Å². The number of carbonyl (C=O) groups excluding carboxylic acids is 4. The number of halogens is 1. The van der Waals surface area contributed by atoms with Crippen molar-refractivity contribution in [3.63, 3.8) is 0 Å². The summed E-state index contributed by atoms with van der Waals surface area (Å²) in [4.78, 5) is 54.8. The second-order valence-corrected chi connectivity index (χ2v) is 11.0. The van der Waals surface area contributed by atoms with Gasteiger partial charge in [0.2, 0.25) is 11.8 Å². The lowest BCUT2D eigenvalue weighted by atomic mass is 9.60. The monoisotopic (exact) mass is 577 g/mol. The molecule has 0 bridgehead atoms. The number of benzene rings is 1. The zero-order chi connectivity index (χ0) is 26.7. The van der Waals surface area contributed by atoms with Gasteiger partial charge in [-0.25, -0.2) is 0 Å². The third-order valence-corrected chi connectivity index (χ3v) is 8.69. The van der Waals surface area contributed by atoms with Crippen molar-refractivity contribution in [2.24, 2.45) is 17.8 Å². The van der Waals surface area contributed by atoms with Gasteiger partial charge in [-0.15, -0.1) is 0 Å². The van der Waals surface area contributed by atoms with E-state index in [1.807, 2.05) is 6.08 Å². The molecule has 4 atom stereocenters. The zero-order valence-electron chi connectivity index (χ0n) is 20.2. The summed E-state index contributed by atoms with van der Waals surface area (Å²) in [5, 5.41) is 19.1. The summed E-state index contributed by atoms with van der Waals surface area (Å²) < 4.78 is 6.02. The number of likely N-dealkylation sites (tertiary alicyclic amines) is 1. The van der Waals surface area contributed by atoms with Crippen LogP contribution in [0.15, 0.2) is 74.2 Å². The number of aliphatic hydroxyl groups excluding tert-OH is 1. The topological polar surface area (TPSA) is 125 Å². The number of hydrogen-bond acceptors (Lipinski definition) is 7. The van der Waals surface area contributed by atoms with Crippen LogP contribution in [0.2, 0.25) is 0 Å². The number of allylic oxidation sites excluding steroid dienone is 6. The molecule has 6 rings (SSSR count). The lowest BCUT2D eigenvalue weighted by molar-refractivity contribution is -0.140. The molecule has 4 unspecified atom stereocenters. The van der Waals surface area contributed by atoms with Crippen LogP contribution in [0.4, 0.5) is 0 Å². The van der Waals surface area contributed by atoms with Gasteiger partial charge < -0.3 is 14.6 Å². The summed E-state index contributed by atoms with van der Waals surface area (Å²) in [6, 6.07) is 9.97. The predicted molar refractivity (Wildman–Crippen MR) is 138 cm³/mol. The molecule has 194 valence electrons. The van der Waals surface area contributed by atoms with Crippen molar-refractivity contribution < 1.29 is 33.8 Å². The second-order valence-electron chi connectivity index (χ2n) is 10.1. The molecule has 1 aromatic heterocycles. The maximum atomic E-state index is 13.7. The maximum absolute atomic E-state index is 13.7. The van der Waals surface area contributed by atoms with E-state index in [4.69, 9.17) is 4.42 Å². The molecule has 8 nitrogen and oxygen atoms in total. The van der Waals surface area contributed by atoms with Crippen molar-refractivity contribution in [2.45, 2.75) is 31.8 Å². The van der Waals surface area contributed by atoms with Gasteiger partial charge in [0, 0.05) is 23.8 Å². The average molecular weight is 578 g/mol. The number of imide groups is 1. The second kappa shape index (κ2) is 9.32. The van der Waals surface area contributed by atoms with Gasteiger partial charge in [0.25, 0.3) is 0 Å². The number of rotatable bonds is 5. The number of phenols is 1. The quantitative estimate of drug-likeness (QED) is 0.316. The third-order valence-electron chi connectivity index (χ3n) is 8.11. The first-order chi connectivity index (χ1) is 18.3. The minimum absolute atomic E-state index is 0.145. The summed E-state index contributed by atoms with van der Waals surface area (Å²) in [5.74, 6) is -2.48. The number of hydrogen-bond donors (Lipinski definition) is 2. The fourth-order valence-electron chi connectivity index (χ4n) is 6.36. The van der Waals surface area contributed by atoms with Crippen molar-refractivity contribution in [3.8, 4) is 5.75 Å². The van der Waals surface area contributed by atoms with E-state index in [1.165, 1.54) is 11.0 Å². The molecule has 1 fully saturated rings. The highest BCUT2D eigenvalue weighted by Crippen LogP contribution is 2.55. The largest absolute Gasteiger partial charge is 0.508 e. The molecule has 9 heteroatoms. The standard InChI is InChI=1S/C29H24BrNO7/c30-21-12-22(34)25-20(27(21)35)11-19-17(26(25)23-8-5-16(13-32)38-23)6-7-18-24(19)29(37)31(28(18)36)10-9-14-1-3-15(33)4-2-14/h1-6,8,12,18-19,24,26,32-33H,7,9-11,13H2. The van der Waals surface area contributed by atoms with Crippen LogP contribution in [-0.4, -0.2) is 45.0 Å². The summed E-state index contributed by atoms with van der Waals surface area (Å²) in [5.41, 5.74) is 2.36. The summed E-state index contributed by atoms with van der Waals surface area (Å²) in [6.07, 6.45) is 4.20. The number of aliphatic hydroxyl groups is 1. The third kappa shape index (κ3) is 3.84. The highest BCUT2D eigenvalue weighted by atomic mass is 79.9. The lowest BCUT2D eigenvalue weighted by Crippen LogP contribution is -2.39. The molecule has 0 saturated carbocycles. The van der Waals surface area contributed by atoms with Crippen LogP contribution in [0.25, 0.3) is 0 Å². The number of carbonyl (C=O) groups is 4. The van der Waals surface area contributed by atoms with Gasteiger partial charge in [0.1, 0.15) is 23.9 Å². The molecule has 2 aromatic rings. The van der Waals surface area contributed by atoms with Gasteiger partial charge >= 0.3 is 0 Å². The van der Waals surface area contributed by atoms with Gasteiger partial charge in [0.15, 0.2) is 11.6 Å². The van der Waals surface area contributed by atoms with Crippen molar-refractivity contribution >= 4 is 39.3 Å². The Morgan fingerprint density at radius 2 is 1.76 bits per heavy atom. The normalized spacial score (nSPS) is 26.7. The average Bonchev–Trinajstić information content (AvgIpc) is 3.48. The molecular formula is C29H24BrNO7. The highest BCUT2D eigenvalue weighted by molar-refractivity contribution is 9.12. The van der Waals surface area contributed by atoms with Crippen LogP contribution < -0.4 is 0 Å². The molecule has 2 heterocycles. The van der Waals surface area contributed by atoms with Crippen molar-refractivity contribution in [1.29, 1.82) is 0 Å². The Balaban J connectivity index is 1.36. The Hall–Kier alpha value is -3.56. The van der Waals surface area contributed by atoms with Crippen LogP contribution in [0.3, 0.4) is 0 Å². The molecule has 4 aliphatic rings. The summed E-state index contributed by atoms with van der Waals surface area (Å²) in [6.45, 7) is -0.0915. The number of Topliss-reactive ketones (excluding diaryl/α,β-unsaturated/α-hetero) is 1. The Bertz CT molecular complexity index is 1480. The molecule has 0 spiro atoms. The van der Waals surface area contributed by atoms with E-state index < -0.39 is 23.7 Å². The summed E-state index contributed by atoms with van der Waals surface area (Å²) in [7, 11) is 0. The molecular weight excluding hydrogens is 554 g/mol. The molecule has 1 saturated heterocycles. The van der Waals surface area contributed by atoms with E-state index >= 15 is 0 Å². The SMILES string of the molecule is O=C1C=C(Br)C(=O)C2=C1C(c1ccc(CO)o1)C1=CCC3C(=O)N(CCc4ccc(O)cc4)C(=O)C3C1C2. The van der Waals surface area contributed by atoms with E-state index in [0.717, 1.165) is 11.1 Å². The fourth-order valence-corrected chi connectivity index (χ4v) is 6.80. The Labute approximate surface area is 226 Å². The van der Waals surface area contributed by atoms with Crippen LogP contribution >= 0.6 is 15.9 Å². The van der Waals surface area contributed by atoms with Gasteiger partial charge in [-0.2, -0.15) is 0 Å². The molecule has 2 amide bonds. The number of nitrogens with zero attached hydrogens (tertiary/aromatic N) is 1. The van der Waals surface area contributed by atoms with E-state index in [2.05, 4.69) is 15.9 Å². The summed E-state index contributed by atoms with van der Waals surface area (Å²) >= 11 is 3.21. The molecule has 0 radical (unpaired) electrons. The molecule has 2 N–H and O–H groups in total. The zero-order valence-corrected chi connectivity index (χ0v) is 21.8. The van der Waals surface area contributed by atoms with E-state index in [1.54, 1.807) is 36.4 Å². The van der Waals surface area contributed by atoms with Crippen LogP contribution in [0.5, 0.6) is 5.75 Å². The van der Waals surface area contributed by atoms with Gasteiger partial charge in [0.05, 0.1) is 22.2 Å². The van der Waals surface area contributed by atoms with E-state index in [-0.39, 0.29) is 53.2 Å². The van der Waals surface area contributed by atoms with Gasteiger partial charge in [-0.3, -0.25) is 24.1 Å². The van der Waals surface area contributed by atoms with Crippen molar-refractivity contribution in [3.05, 3.63) is 86.8 Å². The number of amides is 2. The van der Waals surface area contributed by atoms with E-state index in [9.17, 15) is 29.4 Å². The van der Waals surface area contributed by atoms with Crippen molar-refractivity contribution in [2.75, 3.05) is 6.54 Å². The number of phenolic OH excluding ortho intramolecular Hbond substituents is 1. The lowest BCUT2D eigenvalue weighted by Gasteiger charge is -2.41. The Kier molecular flexibility index (Phi) is 6.07. The maximum Gasteiger partial charge on any atom is 0.233 e. The molecule has 1 aliphatic heterocycles. The Morgan fingerprint density at radius 3 is 2.47 bits per heavy atom. The van der Waals surface area contributed by atoms with Crippen molar-refractivity contribution in [1.82, 2.24) is 4.90 Å². The smallest absolute Gasteiger partial charge is 0.233 e. The minimum Gasteiger partial charge on any atom is -0.508 e. The molecule has 38 heavy (non-hydrogen) atoms. The van der Waals surface area contributed by atoms with Gasteiger partial charge in [-0.1, -0.05) is 23.8 Å². The molecule has 1 aromatic carbocycles. The first-order valence-corrected chi connectivity index (χ1v) is 13.3. The number of aromatic hydroxyl groups is 1. The van der Waals surface area contributed by atoms with Crippen LogP contribution in [0.1, 0.15) is 35.8 Å². The number of fused-ring (bicyclic) bond motifs is 3. The fraction of sp³-hybridized carbons (Fsp3) is 0.310. The van der Waals surface area contributed by atoms with Gasteiger partial charge in [-0.05, 0) is 70.9 Å². The first kappa shape index (κ1) is 24.8. The minimum atomic E-state index is -0.674.